The molecule has 0 saturated heterocycles. The topological polar surface area (TPSA) is 17.1 Å². The fraction of sp³-hybridized carbons (Fsp3) is 0.545. The van der Waals surface area contributed by atoms with E-state index >= 15 is 0 Å². The number of carbonyl (C=O) groups excluding carboxylic acids is 1. The Morgan fingerprint density at radius 1 is 1.25 bits per heavy atom. The van der Waals surface area contributed by atoms with Gasteiger partial charge in [-0.05, 0) is 25.2 Å². The summed E-state index contributed by atoms with van der Waals surface area (Å²) < 4.78 is 0. The van der Waals surface area contributed by atoms with Crippen molar-refractivity contribution in [3.05, 3.63) is 23.3 Å². The third kappa shape index (κ3) is 0.715. The molecule has 2 atom stereocenters. The fourth-order valence-corrected chi connectivity index (χ4v) is 2.87. The van der Waals surface area contributed by atoms with Crippen molar-refractivity contribution in [2.75, 3.05) is 0 Å². The van der Waals surface area contributed by atoms with E-state index in [4.69, 9.17) is 0 Å². The van der Waals surface area contributed by atoms with E-state index in [0.717, 1.165) is 18.8 Å². The summed E-state index contributed by atoms with van der Waals surface area (Å²) in [7, 11) is 0. The lowest BCUT2D eigenvalue weighted by atomic mass is 9.83. The van der Waals surface area contributed by atoms with Crippen LogP contribution >= 0.6 is 0 Å². The van der Waals surface area contributed by atoms with Crippen molar-refractivity contribution in [1.29, 1.82) is 0 Å². The second kappa shape index (κ2) is 2.09. The molecule has 0 radical (unpaired) electrons. The highest BCUT2D eigenvalue weighted by molar-refractivity contribution is 5.99. The normalized spacial score (nSPS) is 37.8. The number of fused-ring (bicyclic) bond motifs is 3. The van der Waals surface area contributed by atoms with E-state index in [9.17, 15) is 4.79 Å². The van der Waals surface area contributed by atoms with Gasteiger partial charge in [0, 0.05) is 17.9 Å². The minimum Gasteiger partial charge on any atom is -0.295 e. The van der Waals surface area contributed by atoms with Crippen LogP contribution in [-0.2, 0) is 4.79 Å². The van der Waals surface area contributed by atoms with Crippen molar-refractivity contribution in [3.63, 3.8) is 0 Å². The lowest BCUT2D eigenvalue weighted by Crippen LogP contribution is -2.13. The molecule has 3 aliphatic rings. The molecule has 0 aromatic rings. The van der Waals surface area contributed by atoms with Crippen molar-refractivity contribution in [1.82, 2.24) is 0 Å². The highest BCUT2D eigenvalue weighted by Gasteiger charge is 2.36. The molecule has 62 valence electrons. The van der Waals surface area contributed by atoms with Crippen LogP contribution in [0.15, 0.2) is 23.3 Å². The maximum atomic E-state index is 11.5. The molecule has 0 unspecified atom stereocenters. The maximum Gasteiger partial charge on any atom is 0.159 e. The highest BCUT2D eigenvalue weighted by Crippen LogP contribution is 2.45. The third-order valence-corrected chi connectivity index (χ3v) is 3.39. The van der Waals surface area contributed by atoms with Crippen LogP contribution in [0.5, 0.6) is 0 Å². The van der Waals surface area contributed by atoms with Gasteiger partial charge in [-0.15, -0.1) is 0 Å². The predicted octanol–water partition coefficient (Wildman–Crippen LogP) is 2.24. The molecule has 0 aromatic carbocycles. The van der Waals surface area contributed by atoms with Gasteiger partial charge in [-0.1, -0.05) is 17.7 Å². The number of rotatable bonds is 0. The molecule has 0 aliphatic heterocycles. The molecule has 0 aromatic heterocycles. The second-order valence-corrected chi connectivity index (χ2v) is 4.13. The van der Waals surface area contributed by atoms with Gasteiger partial charge in [-0.25, -0.2) is 0 Å². The van der Waals surface area contributed by atoms with Crippen molar-refractivity contribution in [3.8, 4) is 0 Å². The molecular formula is C11H12O. The van der Waals surface area contributed by atoms with E-state index in [2.05, 4.69) is 12.2 Å². The molecule has 0 spiro atoms. The molecular weight excluding hydrogens is 148 g/mol. The van der Waals surface area contributed by atoms with Crippen LogP contribution < -0.4 is 0 Å². The summed E-state index contributed by atoms with van der Waals surface area (Å²) >= 11 is 0. The summed E-state index contributed by atoms with van der Waals surface area (Å²) in [6.45, 7) is 0. The van der Waals surface area contributed by atoms with E-state index in [0.29, 0.717) is 11.7 Å². The summed E-state index contributed by atoms with van der Waals surface area (Å²) in [5, 5.41) is 0. The van der Waals surface area contributed by atoms with E-state index in [1.54, 1.807) is 0 Å². The van der Waals surface area contributed by atoms with Gasteiger partial charge in [-0.3, -0.25) is 4.79 Å². The van der Waals surface area contributed by atoms with Gasteiger partial charge in [0.05, 0.1) is 0 Å². The zero-order valence-electron chi connectivity index (χ0n) is 7.05. The van der Waals surface area contributed by atoms with Crippen molar-refractivity contribution in [2.45, 2.75) is 25.7 Å². The molecule has 0 heterocycles. The molecule has 0 fully saturated rings. The lowest BCUT2D eigenvalue weighted by molar-refractivity contribution is -0.115. The summed E-state index contributed by atoms with van der Waals surface area (Å²) in [5.74, 6) is 1.70. The van der Waals surface area contributed by atoms with Crippen LogP contribution in [0.4, 0.5) is 0 Å². The minimum atomic E-state index is 0.431. The SMILES string of the molecule is O=C1CCC2=C1[C@@H]1C=C[C@H](C2)C1. The van der Waals surface area contributed by atoms with E-state index in [1.165, 1.54) is 24.0 Å². The molecule has 1 nitrogen and oxygen atoms in total. The molecule has 0 saturated carbocycles. The van der Waals surface area contributed by atoms with Gasteiger partial charge in [-0.2, -0.15) is 0 Å². The Kier molecular flexibility index (Phi) is 1.16. The van der Waals surface area contributed by atoms with E-state index < -0.39 is 0 Å². The van der Waals surface area contributed by atoms with Gasteiger partial charge in [0.25, 0.3) is 0 Å². The molecule has 12 heavy (non-hydrogen) atoms. The van der Waals surface area contributed by atoms with E-state index in [-0.39, 0.29) is 0 Å². The molecule has 0 N–H and O–H groups in total. The van der Waals surface area contributed by atoms with Crippen molar-refractivity contribution in [2.24, 2.45) is 11.8 Å². The zero-order valence-corrected chi connectivity index (χ0v) is 7.05. The monoisotopic (exact) mass is 160 g/mol. The standard InChI is InChI=1S/C11H12O/c12-10-4-3-9-6-7-1-2-8(5-7)11(9)10/h1-2,7-8H,3-6H2/t7-,8+/m0/s1. The first-order chi connectivity index (χ1) is 5.84. The molecule has 3 aliphatic carbocycles. The van der Waals surface area contributed by atoms with Gasteiger partial charge in [0.15, 0.2) is 5.78 Å². The van der Waals surface area contributed by atoms with Gasteiger partial charge in [0.1, 0.15) is 0 Å². The number of allylic oxidation sites excluding steroid dienone is 4. The zero-order chi connectivity index (χ0) is 8.13. The Labute approximate surface area is 72.2 Å². The predicted molar refractivity (Wildman–Crippen MR) is 46.6 cm³/mol. The van der Waals surface area contributed by atoms with Gasteiger partial charge in [0.2, 0.25) is 0 Å². The number of Topliss-reactive ketones (excluding diaryl/α,β-unsaturated/α-hetero) is 1. The Bertz CT molecular complexity index is 309. The van der Waals surface area contributed by atoms with Crippen LogP contribution in [0.3, 0.4) is 0 Å². The summed E-state index contributed by atoms with van der Waals surface area (Å²) in [4.78, 5) is 11.5. The Balaban J connectivity index is 2.09. The molecule has 3 rings (SSSR count). The Morgan fingerprint density at radius 3 is 3.08 bits per heavy atom. The largest absolute Gasteiger partial charge is 0.295 e. The van der Waals surface area contributed by atoms with Crippen LogP contribution in [-0.4, -0.2) is 5.78 Å². The first-order valence-corrected chi connectivity index (χ1v) is 4.78. The molecule has 1 heteroatoms. The van der Waals surface area contributed by atoms with Crippen molar-refractivity contribution >= 4 is 5.78 Å². The summed E-state index contributed by atoms with van der Waals surface area (Å²) in [6.07, 6.45) is 8.79. The fourth-order valence-electron chi connectivity index (χ4n) is 2.87. The Morgan fingerprint density at radius 2 is 2.17 bits per heavy atom. The van der Waals surface area contributed by atoms with E-state index in [1.807, 2.05) is 0 Å². The van der Waals surface area contributed by atoms with Crippen LogP contribution in [0.25, 0.3) is 0 Å². The number of carbonyl (C=O) groups is 1. The summed E-state index contributed by atoms with van der Waals surface area (Å²) in [6, 6.07) is 0. The quantitative estimate of drug-likeness (QED) is 0.497. The smallest absolute Gasteiger partial charge is 0.159 e. The number of hydrogen-bond donors (Lipinski definition) is 0. The molecule has 2 bridgehead atoms. The van der Waals surface area contributed by atoms with Gasteiger partial charge >= 0.3 is 0 Å². The first kappa shape index (κ1) is 6.64. The molecule has 0 amide bonds. The minimum absolute atomic E-state index is 0.431. The summed E-state index contributed by atoms with van der Waals surface area (Å²) in [5.41, 5.74) is 2.67. The average molecular weight is 160 g/mol. The average Bonchev–Trinajstić information content (AvgIpc) is 2.59. The second-order valence-electron chi connectivity index (χ2n) is 4.13. The van der Waals surface area contributed by atoms with Crippen molar-refractivity contribution < 1.29 is 4.79 Å². The Hall–Kier alpha value is -0.850. The van der Waals surface area contributed by atoms with Crippen LogP contribution in [0, 0.1) is 11.8 Å². The third-order valence-electron chi connectivity index (χ3n) is 3.39. The van der Waals surface area contributed by atoms with Gasteiger partial charge < -0.3 is 0 Å². The first-order valence-electron chi connectivity index (χ1n) is 4.78. The lowest BCUT2D eigenvalue weighted by Gasteiger charge is -2.20. The number of ketones is 1. The maximum absolute atomic E-state index is 11.5. The van der Waals surface area contributed by atoms with Crippen LogP contribution in [0.1, 0.15) is 25.7 Å². The highest BCUT2D eigenvalue weighted by atomic mass is 16.1. The van der Waals surface area contributed by atoms with Crippen LogP contribution in [0.2, 0.25) is 0 Å². The number of hydrogen-bond acceptors (Lipinski definition) is 1.